The van der Waals surface area contributed by atoms with Crippen LogP contribution in [0.4, 0.5) is 18.9 Å². The van der Waals surface area contributed by atoms with Gasteiger partial charge in [-0.15, -0.1) is 0 Å². The zero-order valence-electron chi connectivity index (χ0n) is 10.4. The molecule has 0 saturated carbocycles. The second kappa shape index (κ2) is 6.63. The van der Waals surface area contributed by atoms with Crippen molar-refractivity contribution in [2.75, 3.05) is 18.9 Å². The number of alkyl halides is 3. The molecule has 3 N–H and O–H groups in total. The van der Waals surface area contributed by atoms with Gasteiger partial charge in [0.25, 0.3) is 0 Å². The van der Waals surface area contributed by atoms with E-state index in [2.05, 4.69) is 4.74 Å². The van der Waals surface area contributed by atoms with Gasteiger partial charge in [-0.1, -0.05) is 6.07 Å². The number of anilines is 1. The average molecular weight is 279 g/mol. The highest BCUT2D eigenvalue weighted by molar-refractivity contribution is 5.43. The number of ether oxygens (including phenoxy) is 2. The molecule has 4 nitrogen and oxygen atoms in total. The highest BCUT2D eigenvalue weighted by Crippen LogP contribution is 2.22. The van der Waals surface area contributed by atoms with E-state index in [1.165, 1.54) is 0 Å². The summed E-state index contributed by atoms with van der Waals surface area (Å²) in [4.78, 5) is 0. The molecule has 0 heterocycles. The first kappa shape index (κ1) is 15.6. The smallest absolute Gasteiger partial charge is 0.414 e. The zero-order valence-corrected chi connectivity index (χ0v) is 10.4. The van der Waals surface area contributed by atoms with Crippen LogP contribution < -0.4 is 10.5 Å². The van der Waals surface area contributed by atoms with Crippen molar-refractivity contribution in [3.05, 3.63) is 24.3 Å². The third kappa shape index (κ3) is 5.80. The van der Waals surface area contributed by atoms with Crippen LogP contribution in [0.25, 0.3) is 0 Å². The summed E-state index contributed by atoms with van der Waals surface area (Å²) < 4.78 is 46.1. The number of aliphatic hydroxyl groups is 1. The molecule has 7 heteroatoms. The highest BCUT2D eigenvalue weighted by atomic mass is 19.4. The van der Waals surface area contributed by atoms with E-state index >= 15 is 0 Å². The van der Waals surface area contributed by atoms with Gasteiger partial charge in [-0.05, 0) is 19.1 Å². The van der Waals surface area contributed by atoms with Gasteiger partial charge in [0.05, 0.1) is 6.61 Å². The molecule has 108 valence electrons. The van der Waals surface area contributed by atoms with Crippen molar-refractivity contribution in [2.24, 2.45) is 0 Å². The lowest BCUT2D eigenvalue weighted by Gasteiger charge is -2.19. The molecular formula is C12H16F3NO3. The quantitative estimate of drug-likeness (QED) is 0.781. The van der Waals surface area contributed by atoms with Crippen molar-refractivity contribution in [2.45, 2.75) is 25.3 Å². The second-order valence-electron chi connectivity index (χ2n) is 4.05. The number of rotatable bonds is 6. The molecule has 0 aliphatic heterocycles. The minimum absolute atomic E-state index is 0.173. The lowest BCUT2D eigenvalue weighted by atomic mass is 10.3. The molecule has 0 fully saturated rings. The van der Waals surface area contributed by atoms with E-state index in [0.29, 0.717) is 11.4 Å². The molecule has 2 atom stereocenters. The van der Waals surface area contributed by atoms with Crippen LogP contribution in [0.15, 0.2) is 24.3 Å². The molecule has 2 unspecified atom stereocenters. The second-order valence-corrected chi connectivity index (χ2v) is 4.05. The van der Waals surface area contributed by atoms with E-state index in [4.69, 9.17) is 10.5 Å². The number of hydrogen-bond acceptors (Lipinski definition) is 4. The van der Waals surface area contributed by atoms with Crippen LogP contribution >= 0.6 is 0 Å². The number of halogens is 3. The standard InChI is InChI=1S/C12H16F3NO3/c1-8(12(13,14)15)18-6-10(17)7-19-11-4-2-3-9(16)5-11/h2-5,8,10,17H,6-7,16H2,1H3. The highest BCUT2D eigenvalue weighted by Gasteiger charge is 2.37. The Balaban J connectivity index is 2.30. The van der Waals surface area contributed by atoms with Gasteiger partial charge in [-0.2, -0.15) is 13.2 Å². The first-order valence-corrected chi connectivity index (χ1v) is 5.63. The average Bonchev–Trinajstić information content (AvgIpc) is 2.32. The molecule has 1 aromatic carbocycles. The third-order valence-corrected chi connectivity index (χ3v) is 2.30. The van der Waals surface area contributed by atoms with Gasteiger partial charge in [0.15, 0.2) is 6.10 Å². The van der Waals surface area contributed by atoms with E-state index in [9.17, 15) is 18.3 Å². The monoisotopic (exact) mass is 279 g/mol. The van der Waals surface area contributed by atoms with Gasteiger partial charge < -0.3 is 20.3 Å². The van der Waals surface area contributed by atoms with E-state index < -0.39 is 25.0 Å². The van der Waals surface area contributed by atoms with E-state index in [1.54, 1.807) is 24.3 Å². The molecule has 0 radical (unpaired) electrons. The summed E-state index contributed by atoms with van der Waals surface area (Å²) in [5.74, 6) is 0.433. The molecule has 0 aromatic heterocycles. The number of nitrogen functional groups attached to an aromatic ring is 1. The third-order valence-electron chi connectivity index (χ3n) is 2.30. The number of benzene rings is 1. The Kier molecular flexibility index (Phi) is 5.44. The summed E-state index contributed by atoms with van der Waals surface area (Å²) >= 11 is 0. The summed E-state index contributed by atoms with van der Waals surface area (Å²) in [5.41, 5.74) is 6.01. The van der Waals surface area contributed by atoms with Gasteiger partial charge in [-0.25, -0.2) is 0 Å². The largest absolute Gasteiger partial charge is 0.491 e. The van der Waals surface area contributed by atoms with Crippen LogP contribution in [-0.4, -0.2) is 36.7 Å². The lowest BCUT2D eigenvalue weighted by Crippen LogP contribution is -2.33. The molecule has 19 heavy (non-hydrogen) atoms. The van der Waals surface area contributed by atoms with Gasteiger partial charge >= 0.3 is 6.18 Å². The molecule has 0 amide bonds. The summed E-state index contributed by atoms with van der Waals surface area (Å²) in [6.45, 7) is 0.252. The number of hydrogen-bond donors (Lipinski definition) is 2. The van der Waals surface area contributed by atoms with Gasteiger partial charge in [0, 0.05) is 11.8 Å². The van der Waals surface area contributed by atoms with Gasteiger partial charge in [0.1, 0.15) is 18.5 Å². The Labute approximate surface area is 108 Å². The molecule has 0 saturated heterocycles. The van der Waals surface area contributed by atoms with Crippen molar-refractivity contribution in [1.29, 1.82) is 0 Å². The Morgan fingerprint density at radius 1 is 1.32 bits per heavy atom. The minimum atomic E-state index is -4.44. The molecule has 0 aliphatic rings. The van der Waals surface area contributed by atoms with Crippen LogP contribution in [0.5, 0.6) is 5.75 Å². The van der Waals surface area contributed by atoms with E-state index in [1.807, 2.05) is 0 Å². The number of aliphatic hydroxyl groups excluding tert-OH is 1. The fourth-order valence-electron chi connectivity index (χ4n) is 1.19. The lowest BCUT2D eigenvalue weighted by molar-refractivity contribution is -0.219. The summed E-state index contributed by atoms with van der Waals surface area (Å²) in [6, 6.07) is 6.50. The van der Waals surface area contributed by atoms with Crippen LogP contribution in [0.3, 0.4) is 0 Å². The van der Waals surface area contributed by atoms with Crippen LogP contribution in [0.1, 0.15) is 6.92 Å². The maximum atomic E-state index is 12.1. The Morgan fingerprint density at radius 2 is 2.00 bits per heavy atom. The summed E-state index contributed by atoms with van der Waals surface area (Å²) in [7, 11) is 0. The zero-order chi connectivity index (χ0) is 14.5. The van der Waals surface area contributed by atoms with Crippen molar-refractivity contribution in [1.82, 2.24) is 0 Å². The van der Waals surface area contributed by atoms with Gasteiger partial charge in [0.2, 0.25) is 0 Å². The molecule has 0 bridgehead atoms. The maximum absolute atomic E-state index is 12.1. The molecule has 1 aromatic rings. The van der Waals surface area contributed by atoms with Gasteiger partial charge in [-0.3, -0.25) is 0 Å². The maximum Gasteiger partial charge on any atom is 0.414 e. The molecule has 1 rings (SSSR count). The van der Waals surface area contributed by atoms with Crippen molar-refractivity contribution in [3.8, 4) is 5.75 Å². The molecular weight excluding hydrogens is 263 g/mol. The van der Waals surface area contributed by atoms with Crippen molar-refractivity contribution in [3.63, 3.8) is 0 Å². The number of nitrogens with two attached hydrogens (primary N) is 1. The van der Waals surface area contributed by atoms with Crippen LogP contribution in [0, 0.1) is 0 Å². The van der Waals surface area contributed by atoms with Crippen LogP contribution in [0.2, 0.25) is 0 Å². The van der Waals surface area contributed by atoms with E-state index in [-0.39, 0.29) is 6.61 Å². The molecule has 0 aliphatic carbocycles. The van der Waals surface area contributed by atoms with Crippen LogP contribution in [-0.2, 0) is 4.74 Å². The SMILES string of the molecule is CC(OCC(O)COc1cccc(N)c1)C(F)(F)F. The summed E-state index contributed by atoms with van der Waals surface area (Å²) in [6.07, 6.45) is -7.50. The normalized spacial score (nSPS) is 15.0. The fourth-order valence-corrected chi connectivity index (χ4v) is 1.19. The van der Waals surface area contributed by atoms with E-state index in [0.717, 1.165) is 6.92 Å². The summed E-state index contributed by atoms with van der Waals surface area (Å²) in [5, 5.41) is 9.45. The first-order chi connectivity index (χ1) is 8.79. The van der Waals surface area contributed by atoms with Crippen molar-refractivity contribution < 1.29 is 27.8 Å². The Bertz CT molecular complexity index is 398. The Morgan fingerprint density at radius 3 is 2.58 bits per heavy atom. The molecule has 0 spiro atoms. The minimum Gasteiger partial charge on any atom is -0.491 e. The predicted molar refractivity (Wildman–Crippen MR) is 63.8 cm³/mol. The predicted octanol–water partition coefficient (Wildman–Crippen LogP) is 1.98. The van der Waals surface area contributed by atoms with Crippen molar-refractivity contribution >= 4 is 5.69 Å². The Hall–Kier alpha value is -1.47. The fraction of sp³-hybridized carbons (Fsp3) is 0.500. The topological polar surface area (TPSA) is 64.7 Å². The first-order valence-electron chi connectivity index (χ1n) is 5.63.